The number of likely N-dealkylation sites (tertiary alicyclic amines) is 1. The molecule has 6 nitrogen and oxygen atoms in total. The topological polar surface area (TPSA) is 69.3 Å². The van der Waals surface area contributed by atoms with E-state index in [1.54, 1.807) is 6.07 Å². The molecule has 0 bridgehead atoms. The maximum absolute atomic E-state index is 13.2. The molecule has 6 heteroatoms. The van der Waals surface area contributed by atoms with Crippen LogP contribution in [0.4, 0.5) is 11.5 Å². The highest BCUT2D eigenvalue weighted by Gasteiger charge is 2.39. The average Bonchev–Trinajstić information content (AvgIpc) is 3.01. The molecule has 1 N–H and O–H groups in total. The van der Waals surface area contributed by atoms with Crippen molar-refractivity contribution in [1.29, 1.82) is 0 Å². The molecule has 1 amide bonds. The third-order valence-electron chi connectivity index (χ3n) is 5.14. The molecule has 1 aromatic heterocycles. The number of nitrogens with one attached hydrogen (secondary N) is 1. The van der Waals surface area contributed by atoms with Gasteiger partial charge in [-0.1, -0.05) is 25.1 Å². The van der Waals surface area contributed by atoms with Gasteiger partial charge in [0.15, 0.2) is 5.82 Å². The first-order valence-corrected chi connectivity index (χ1v) is 8.85. The van der Waals surface area contributed by atoms with Crippen molar-refractivity contribution < 1.29 is 4.79 Å². The molecule has 2 aliphatic heterocycles. The molecule has 0 saturated carbocycles. The first kappa shape index (κ1) is 15.9. The summed E-state index contributed by atoms with van der Waals surface area (Å²) in [5.74, 6) is 1.30. The van der Waals surface area contributed by atoms with Gasteiger partial charge in [0.2, 0.25) is 5.91 Å². The second-order valence-corrected chi connectivity index (χ2v) is 7.03. The van der Waals surface area contributed by atoms with Gasteiger partial charge in [-0.15, -0.1) is 0 Å². The number of hydrogen-bond donors (Lipinski definition) is 1. The van der Waals surface area contributed by atoms with Crippen LogP contribution in [0.15, 0.2) is 41.2 Å². The highest BCUT2D eigenvalue weighted by Crippen LogP contribution is 2.38. The fraction of sp³-hybridized carbons (Fsp3) is 0.421. The van der Waals surface area contributed by atoms with E-state index in [4.69, 9.17) is 0 Å². The Hall–Kier alpha value is -2.63. The lowest BCUT2D eigenvalue weighted by Gasteiger charge is -2.35. The van der Waals surface area contributed by atoms with Gasteiger partial charge in [-0.25, -0.2) is 5.10 Å². The van der Waals surface area contributed by atoms with E-state index < -0.39 is 0 Å². The molecule has 25 heavy (non-hydrogen) atoms. The van der Waals surface area contributed by atoms with E-state index in [1.165, 1.54) is 12.5 Å². The Labute approximate surface area is 146 Å². The van der Waals surface area contributed by atoms with Gasteiger partial charge in [0.1, 0.15) is 6.04 Å². The van der Waals surface area contributed by atoms with Crippen molar-refractivity contribution in [1.82, 2.24) is 15.1 Å². The van der Waals surface area contributed by atoms with Gasteiger partial charge in [-0.05, 0) is 36.5 Å². The summed E-state index contributed by atoms with van der Waals surface area (Å²) in [4.78, 5) is 28.6. The fourth-order valence-electron chi connectivity index (χ4n) is 3.94. The summed E-state index contributed by atoms with van der Waals surface area (Å²) in [6, 6.07) is 10.9. The van der Waals surface area contributed by atoms with Crippen molar-refractivity contribution >= 4 is 17.4 Å². The molecule has 1 fully saturated rings. The van der Waals surface area contributed by atoms with Crippen molar-refractivity contribution in [2.24, 2.45) is 5.92 Å². The Bertz CT molecular complexity index is 827. The molecule has 1 saturated heterocycles. The van der Waals surface area contributed by atoms with Gasteiger partial charge >= 0.3 is 0 Å². The molecular weight excluding hydrogens is 316 g/mol. The highest BCUT2D eigenvalue weighted by atomic mass is 16.2. The quantitative estimate of drug-likeness (QED) is 0.910. The molecule has 130 valence electrons. The first-order chi connectivity index (χ1) is 12.1. The Balaban J connectivity index is 1.70. The van der Waals surface area contributed by atoms with Crippen LogP contribution < -0.4 is 10.5 Å². The summed E-state index contributed by atoms with van der Waals surface area (Å²) in [7, 11) is 0. The Morgan fingerprint density at radius 1 is 1.24 bits per heavy atom. The van der Waals surface area contributed by atoms with Gasteiger partial charge in [-0.3, -0.25) is 9.59 Å². The minimum absolute atomic E-state index is 0.149. The summed E-state index contributed by atoms with van der Waals surface area (Å²) in [6.45, 7) is 3.84. The number of nitrogens with zero attached hydrogens (tertiary/aromatic N) is 3. The number of amides is 1. The SMILES string of the molecule is C[C@H]1CCCN(C(=O)[C@@H]2Cc3ccccc3N2c2ccc(=O)[nH]n2)C1. The van der Waals surface area contributed by atoms with Gasteiger partial charge in [0.25, 0.3) is 5.56 Å². The van der Waals surface area contributed by atoms with Crippen LogP contribution in [-0.4, -0.2) is 40.1 Å². The fourth-order valence-corrected chi connectivity index (χ4v) is 3.94. The van der Waals surface area contributed by atoms with Crippen LogP contribution >= 0.6 is 0 Å². The largest absolute Gasteiger partial charge is 0.341 e. The van der Waals surface area contributed by atoms with E-state index in [0.29, 0.717) is 18.2 Å². The predicted molar refractivity (Wildman–Crippen MR) is 95.9 cm³/mol. The molecule has 0 aliphatic carbocycles. The molecule has 2 atom stereocenters. The summed E-state index contributed by atoms with van der Waals surface area (Å²) in [5.41, 5.74) is 1.88. The molecule has 3 heterocycles. The van der Waals surface area contributed by atoms with Gasteiger partial charge < -0.3 is 9.80 Å². The average molecular weight is 338 g/mol. The van der Waals surface area contributed by atoms with Crippen LogP contribution in [0.1, 0.15) is 25.3 Å². The minimum Gasteiger partial charge on any atom is -0.341 e. The van der Waals surface area contributed by atoms with Gasteiger partial charge in [0, 0.05) is 31.3 Å². The van der Waals surface area contributed by atoms with Crippen molar-refractivity contribution in [2.45, 2.75) is 32.2 Å². The van der Waals surface area contributed by atoms with Crippen LogP contribution in [-0.2, 0) is 11.2 Å². The lowest BCUT2D eigenvalue weighted by molar-refractivity contribution is -0.134. The van der Waals surface area contributed by atoms with Crippen LogP contribution in [0.2, 0.25) is 0 Å². The molecule has 0 radical (unpaired) electrons. The molecule has 2 aromatic rings. The molecule has 4 rings (SSSR count). The number of H-pyrrole nitrogens is 1. The van der Waals surface area contributed by atoms with Crippen molar-refractivity contribution in [3.05, 3.63) is 52.3 Å². The maximum Gasteiger partial charge on any atom is 0.264 e. The van der Waals surface area contributed by atoms with E-state index in [0.717, 1.165) is 30.8 Å². The highest BCUT2D eigenvalue weighted by molar-refractivity contribution is 5.91. The zero-order valence-electron chi connectivity index (χ0n) is 14.3. The van der Waals surface area contributed by atoms with Crippen molar-refractivity contribution in [3.63, 3.8) is 0 Å². The van der Waals surface area contributed by atoms with Crippen LogP contribution in [0, 0.1) is 5.92 Å². The minimum atomic E-state index is -0.305. The van der Waals surface area contributed by atoms with E-state index in [2.05, 4.69) is 23.2 Å². The smallest absolute Gasteiger partial charge is 0.264 e. The Kier molecular flexibility index (Phi) is 4.03. The number of carbonyl (C=O) groups excluding carboxylic acids is 1. The summed E-state index contributed by atoms with van der Waals surface area (Å²) in [6.07, 6.45) is 2.91. The normalized spacial score (nSPS) is 22.8. The standard InChI is InChI=1S/C19H22N4O2/c1-13-5-4-10-22(12-13)19(25)16-11-14-6-2-3-7-15(14)23(16)17-8-9-18(24)21-20-17/h2-3,6-9,13,16H,4-5,10-12H2,1H3,(H,21,24)/t13-,16-/m0/s1. The van der Waals surface area contributed by atoms with Crippen molar-refractivity contribution in [3.8, 4) is 0 Å². The first-order valence-electron chi connectivity index (χ1n) is 8.85. The summed E-state index contributed by atoms with van der Waals surface area (Å²) < 4.78 is 0. The molecular formula is C19H22N4O2. The van der Waals surface area contributed by atoms with Crippen LogP contribution in [0.25, 0.3) is 0 Å². The summed E-state index contributed by atoms with van der Waals surface area (Å²) in [5, 5.41) is 6.65. The zero-order chi connectivity index (χ0) is 17.4. The number of carbonyl (C=O) groups is 1. The number of piperidine rings is 1. The number of anilines is 2. The number of benzene rings is 1. The number of aromatic nitrogens is 2. The summed E-state index contributed by atoms with van der Waals surface area (Å²) >= 11 is 0. The molecule has 0 spiro atoms. The number of para-hydroxylation sites is 1. The van der Waals surface area contributed by atoms with Crippen LogP contribution in [0.3, 0.4) is 0 Å². The van der Waals surface area contributed by atoms with Crippen molar-refractivity contribution in [2.75, 3.05) is 18.0 Å². The predicted octanol–water partition coefficient (Wildman–Crippen LogP) is 2.09. The molecule has 1 aromatic carbocycles. The van der Waals surface area contributed by atoms with Gasteiger partial charge in [-0.2, -0.15) is 5.10 Å². The van der Waals surface area contributed by atoms with E-state index in [-0.39, 0.29) is 17.5 Å². The molecule has 2 aliphatic rings. The second kappa shape index (κ2) is 6.35. The number of aromatic amines is 1. The van der Waals surface area contributed by atoms with E-state index in [9.17, 15) is 9.59 Å². The van der Waals surface area contributed by atoms with Crippen LogP contribution in [0.5, 0.6) is 0 Å². The Morgan fingerprint density at radius 3 is 2.84 bits per heavy atom. The third-order valence-corrected chi connectivity index (χ3v) is 5.14. The zero-order valence-corrected chi connectivity index (χ0v) is 14.3. The number of fused-ring (bicyclic) bond motifs is 1. The lowest BCUT2D eigenvalue weighted by Crippen LogP contribution is -2.49. The maximum atomic E-state index is 13.2. The monoisotopic (exact) mass is 338 g/mol. The molecule has 0 unspecified atom stereocenters. The Morgan fingerprint density at radius 2 is 2.08 bits per heavy atom. The van der Waals surface area contributed by atoms with Gasteiger partial charge in [0.05, 0.1) is 0 Å². The lowest BCUT2D eigenvalue weighted by atomic mass is 9.99. The second-order valence-electron chi connectivity index (χ2n) is 7.03. The van der Waals surface area contributed by atoms with E-state index in [1.807, 2.05) is 28.0 Å². The van der Waals surface area contributed by atoms with E-state index >= 15 is 0 Å². The number of rotatable bonds is 2. The number of hydrogen-bond acceptors (Lipinski definition) is 4. The third kappa shape index (κ3) is 2.92.